The number of nitriles is 1. The average Bonchev–Trinajstić information content (AvgIpc) is 3.29. The Morgan fingerprint density at radius 2 is 1.94 bits per heavy atom. The molecule has 1 aromatic heterocycles. The van der Waals surface area contributed by atoms with E-state index in [9.17, 15) is 13.2 Å². The number of sulfone groups is 1. The fourth-order valence-corrected chi connectivity index (χ4v) is 6.21. The Hall–Kier alpha value is -2.77. The van der Waals surface area contributed by atoms with Gasteiger partial charge in [-0.2, -0.15) is 5.26 Å². The molecule has 182 valence electrons. The number of rotatable bonds is 7. The Balaban J connectivity index is 1.44. The molecule has 1 atom stereocenters. The standard InChI is InChI=1S/C25H25ClN4O3S2/c1-15(2)24-23-21(14-30(24)13-17-4-7-18(12-27)20(26)10-17)34-25(29-23)28-22(31)11-16-5-8-19(9-6-16)35(3,32)33/h4-10,15,24H,11,13-14H2,1-3H3,(H,28,29,31)/t24-/m0/s1. The molecule has 0 unspecified atom stereocenters. The summed E-state index contributed by atoms with van der Waals surface area (Å²) in [4.78, 5) is 21.0. The van der Waals surface area contributed by atoms with E-state index in [0.717, 1.165) is 34.5 Å². The Kier molecular flexibility index (Phi) is 7.29. The Morgan fingerprint density at radius 3 is 2.54 bits per heavy atom. The van der Waals surface area contributed by atoms with Gasteiger partial charge < -0.3 is 5.32 Å². The second kappa shape index (κ2) is 10.1. The highest BCUT2D eigenvalue weighted by molar-refractivity contribution is 7.90. The van der Waals surface area contributed by atoms with Gasteiger partial charge in [-0.3, -0.25) is 9.69 Å². The van der Waals surface area contributed by atoms with Gasteiger partial charge in [0.2, 0.25) is 5.91 Å². The lowest BCUT2D eigenvalue weighted by Gasteiger charge is -2.27. The summed E-state index contributed by atoms with van der Waals surface area (Å²) in [6.07, 6.45) is 1.29. The molecule has 1 aliphatic heterocycles. The predicted molar refractivity (Wildman–Crippen MR) is 137 cm³/mol. The van der Waals surface area contributed by atoms with Crippen LogP contribution in [0.15, 0.2) is 47.4 Å². The largest absolute Gasteiger partial charge is 0.302 e. The predicted octanol–water partition coefficient (Wildman–Crippen LogP) is 4.97. The van der Waals surface area contributed by atoms with Gasteiger partial charge in [-0.1, -0.05) is 43.6 Å². The quantitative estimate of drug-likeness (QED) is 0.464. The van der Waals surface area contributed by atoms with E-state index in [1.807, 2.05) is 12.1 Å². The molecule has 0 bridgehead atoms. The van der Waals surface area contributed by atoms with Crippen LogP contribution in [0.3, 0.4) is 0 Å². The molecule has 7 nitrogen and oxygen atoms in total. The summed E-state index contributed by atoms with van der Waals surface area (Å²) >= 11 is 7.70. The van der Waals surface area contributed by atoms with Gasteiger partial charge in [0.1, 0.15) is 6.07 Å². The number of benzene rings is 2. The van der Waals surface area contributed by atoms with Crippen molar-refractivity contribution in [2.45, 2.75) is 44.3 Å². The molecule has 1 N–H and O–H groups in total. The van der Waals surface area contributed by atoms with Crippen LogP contribution in [0.4, 0.5) is 5.13 Å². The van der Waals surface area contributed by atoms with Crippen molar-refractivity contribution in [2.75, 3.05) is 11.6 Å². The number of carbonyl (C=O) groups excluding carboxylic acids is 1. The second-order valence-corrected chi connectivity index (χ2v) is 12.5. The molecule has 0 aliphatic carbocycles. The van der Waals surface area contributed by atoms with Crippen LogP contribution in [0.1, 0.15) is 47.2 Å². The number of amides is 1. The number of nitrogens with one attached hydrogen (secondary N) is 1. The summed E-state index contributed by atoms with van der Waals surface area (Å²) in [7, 11) is -3.27. The zero-order valence-corrected chi connectivity index (χ0v) is 22.0. The summed E-state index contributed by atoms with van der Waals surface area (Å²) in [6, 6.07) is 14.0. The van der Waals surface area contributed by atoms with E-state index in [4.69, 9.17) is 21.8 Å². The van der Waals surface area contributed by atoms with Crippen molar-refractivity contribution >= 4 is 43.8 Å². The normalized spacial score (nSPS) is 15.7. The molecule has 0 spiro atoms. The molecular weight excluding hydrogens is 504 g/mol. The van der Waals surface area contributed by atoms with Crippen LogP contribution < -0.4 is 5.32 Å². The molecule has 0 saturated heterocycles. The van der Waals surface area contributed by atoms with Crippen molar-refractivity contribution in [1.29, 1.82) is 5.26 Å². The van der Waals surface area contributed by atoms with Gasteiger partial charge in [-0.25, -0.2) is 13.4 Å². The molecule has 2 aromatic carbocycles. The first-order valence-electron chi connectivity index (χ1n) is 11.1. The van der Waals surface area contributed by atoms with Crippen molar-refractivity contribution in [3.05, 3.63) is 74.7 Å². The number of aromatic nitrogens is 1. The Labute approximate surface area is 214 Å². The molecular formula is C25H25ClN4O3S2. The molecule has 0 radical (unpaired) electrons. The number of nitrogens with zero attached hydrogens (tertiary/aromatic N) is 3. The van der Waals surface area contributed by atoms with Crippen LogP contribution in [-0.4, -0.2) is 30.5 Å². The van der Waals surface area contributed by atoms with Crippen molar-refractivity contribution in [3.8, 4) is 6.07 Å². The molecule has 4 rings (SSSR count). The monoisotopic (exact) mass is 528 g/mol. The number of halogens is 1. The molecule has 0 fully saturated rings. The van der Waals surface area contributed by atoms with Crippen molar-refractivity contribution in [3.63, 3.8) is 0 Å². The zero-order valence-electron chi connectivity index (χ0n) is 19.6. The second-order valence-electron chi connectivity index (χ2n) is 8.99. The summed E-state index contributed by atoms with van der Waals surface area (Å²) in [5.74, 6) is 0.110. The van der Waals surface area contributed by atoms with Gasteiger partial charge in [0.15, 0.2) is 15.0 Å². The van der Waals surface area contributed by atoms with Gasteiger partial charge >= 0.3 is 0 Å². The maximum Gasteiger partial charge on any atom is 0.230 e. The van der Waals surface area contributed by atoms with Crippen LogP contribution in [0.2, 0.25) is 5.02 Å². The van der Waals surface area contributed by atoms with E-state index in [-0.39, 0.29) is 23.3 Å². The fraction of sp³-hybridized carbons (Fsp3) is 0.320. The number of hydrogen-bond donors (Lipinski definition) is 1. The average molecular weight is 529 g/mol. The van der Waals surface area contributed by atoms with Gasteiger partial charge in [0.05, 0.1) is 33.6 Å². The zero-order chi connectivity index (χ0) is 25.3. The van der Waals surface area contributed by atoms with Gasteiger partial charge in [0.25, 0.3) is 0 Å². The summed E-state index contributed by atoms with van der Waals surface area (Å²) in [5, 5.41) is 13.0. The third kappa shape index (κ3) is 5.73. The minimum atomic E-state index is -3.27. The SMILES string of the molecule is CC(C)[C@H]1c2nc(NC(=O)Cc3ccc(S(C)(=O)=O)cc3)sc2CN1Cc1ccc(C#N)c(Cl)c1. The third-order valence-electron chi connectivity index (χ3n) is 5.88. The number of thiazole rings is 1. The van der Waals surface area contributed by atoms with Crippen LogP contribution in [0, 0.1) is 17.2 Å². The van der Waals surface area contributed by atoms with Crippen LogP contribution in [0.5, 0.6) is 0 Å². The highest BCUT2D eigenvalue weighted by Crippen LogP contribution is 2.43. The lowest BCUT2D eigenvalue weighted by atomic mass is 10.0. The lowest BCUT2D eigenvalue weighted by Crippen LogP contribution is -2.26. The molecule has 10 heteroatoms. The van der Waals surface area contributed by atoms with E-state index in [1.165, 1.54) is 23.5 Å². The number of anilines is 1. The molecule has 3 aromatic rings. The Bertz CT molecular complexity index is 1410. The molecule has 2 heterocycles. The highest BCUT2D eigenvalue weighted by atomic mass is 35.5. The maximum atomic E-state index is 12.6. The van der Waals surface area contributed by atoms with Crippen molar-refractivity contribution < 1.29 is 13.2 Å². The van der Waals surface area contributed by atoms with Crippen LogP contribution in [0.25, 0.3) is 0 Å². The van der Waals surface area contributed by atoms with Crippen molar-refractivity contribution in [1.82, 2.24) is 9.88 Å². The topological polar surface area (TPSA) is 103 Å². The smallest absolute Gasteiger partial charge is 0.230 e. The summed E-state index contributed by atoms with van der Waals surface area (Å²) in [5.41, 5.74) is 3.21. The summed E-state index contributed by atoms with van der Waals surface area (Å²) < 4.78 is 23.2. The maximum absolute atomic E-state index is 12.6. The first-order valence-corrected chi connectivity index (χ1v) is 14.1. The fourth-order valence-electron chi connectivity index (χ4n) is 4.29. The Morgan fingerprint density at radius 1 is 1.26 bits per heavy atom. The minimum Gasteiger partial charge on any atom is -0.302 e. The first kappa shape index (κ1) is 25.3. The number of hydrogen-bond acceptors (Lipinski definition) is 7. The number of carbonyl (C=O) groups is 1. The molecule has 35 heavy (non-hydrogen) atoms. The van der Waals surface area contributed by atoms with Gasteiger partial charge in [0, 0.05) is 24.2 Å². The van der Waals surface area contributed by atoms with E-state index < -0.39 is 9.84 Å². The third-order valence-corrected chi connectivity index (χ3v) is 8.29. The lowest BCUT2D eigenvalue weighted by molar-refractivity contribution is -0.115. The first-order chi connectivity index (χ1) is 16.5. The molecule has 1 amide bonds. The molecule has 1 aliphatic rings. The van der Waals surface area contributed by atoms with Gasteiger partial charge in [-0.15, -0.1) is 11.3 Å². The van der Waals surface area contributed by atoms with Gasteiger partial charge in [-0.05, 0) is 41.3 Å². The summed E-state index contributed by atoms with van der Waals surface area (Å²) in [6.45, 7) is 5.70. The minimum absolute atomic E-state index is 0.102. The number of fused-ring (bicyclic) bond motifs is 1. The van der Waals surface area contributed by atoms with E-state index in [2.05, 4.69) is 30.1 Å². The van der Waals surface area contributed by atoms with E-state index >= 15 is 0 Å². The molecule has 0 saturated carbocycles. The van der Waals surface area contributed by atoms with Crippen LogP contribution >= 0.6 is 22.9 Å². The van der Waals surface area contributed by atoms with E-state index in [1.54, 1.807) is 18.2 Å². The van der Waals surface area contributed by atoms with Crippen molar-refractivity contribution in [2.24, 2.45) is 5.92 Å². The van der Waals surface area contributed by atoms with E-state index in [0.29, 0.717) is 28.2 Å². The van der Waals surface area contributed by atoms with Crippen LogP contribution in [-0.2, 0) is 34.1 Å². The highest BCUT2D eigenvalue weighted by Gasteiger charge is 2.36.